The van der Waals surface area contributed by atoms with E-state index in [4.69, 9.17) is 9.47 Å². The van der Waals surface area contributed by atoms with Crippen molar-refractivity contribution in [3.8, 4) is 11.5 Å². The number of para-hydroxylation sites is 1. The molecule has 0 bridgehead atoms. The minimum Gasteiger partial charge on any atom is -0.486 e. The van der Waals surface area contributed by atoms with Crippen molar-refractivity contribution in [3.05, 3.63) is 48.0 Å². The first kappa shape index (κ1) is 25.4. The molecule has 1 aliphatic heterocycles. The molecule has 2 aromatic rings. The largest absolute Gasteiger partial charge is 0.486 e. The number of sulfonamides is 1. The molecule has 2 N–H and O–H groups in total. The zero-order valence-corrected chi connectivity index (χ0v) is 20.5. The minimum absolute atomic E-state index is 0.0128. The van der Waals surface area contributed by atoms with Gasteiger partial charge in [0.2, 0.25) is 15.9 Å². The molecule has 1 heterocycles. The summed E-state index contributed by atoms with van der Waals surface area (Å²) in [6, 6.07) is 11.8. The second-order valence-electron chi connectivity index (χ2n) is 8.14. The van der Waals surface area contributed by atoms with Crippen molar-refractivity contribution in [3.63, 3.8) is 0 Å². The molecule has 0 spiro atoms. The van der Waals surface area contributed by atoms with Crippen molar-refractivity contribution in [2.75, 3.05) is 35.6 Å². The first-order valence-corrected chi connectivity index (χ1v) is 13.1. The number of fused-ring (bicyclic) bond motifs is 1. The van der Waals surface area contributed by atoms with Crippen LogP contribution in [0.15, 0.2) is 42.5 Å². The van der Waals surface area contributed by atoms with E-state index in [1.807, 2.05) is 13.8 Å². The lowest BCUT2D eigenvalue weighted by Gasteiger charge is -2.25. The molecule has 0 saturated carbocycles. The number of amides is 2. The van der Waals surface area contributed by atoms with E-state index in [1.165, 1.54) is 4.31 Å². The lowest BCUT2D eigenvalue weighted by molar-refractivity contribution is -0.116. The highest BCUT2D eigenvalue weighted by molar-refractivity contribution is 7.92. The number of ether oxygens (including phenoxy) is 2. The maximum Gasteiger partial charge on any atom is 0.253 e. The van der Waals surface area contributed by atoms with Crippen molar-refractivity contribution in [1.82, 2.24) is 5.32 Å². The number of nitrogens with zero attached hydrogens (tertiary/aromatic N) is 1. The quantitative estimate of drug-likeness (QED) is 0.530. The molecule has 10 heteroatoms. The molecule has 0 saturated heterocycles. The fourth-order valence-corrected chi connectivity index (χ4v) is 4.42. The van der Waals surface area contributed by atoms with Crippen LogP contribution in [0.25, 0.3) is 0 Å². The number of hydrogen-bond donors (Lipinski definition) is 2. The molecule has 9 nitrogen and oxygen atoms in total. The first-order chi connectivity index (χ1) is 16.2. The van der Waals surface area contributed by atoms with Crippen LogP contribution in [0, 0.1) is 0 Å². The Kier molecular flexibility index (Phi) is 8.38. The summed E-state index contributed by atoms with van der Waals surface area (Å²) in [4.78, 5) is 25.1. The van der Waals surface area contributed by atoms with Crippen LogP contribution in [0.5, 0.6) is 11.5 Å². The monoisotopic (exact) mass is 489 g/mol. The third-order valence-corrected chi connectivity index (χ3v) is 6.61. The second-order valence-corrected chi connectivity index (χ2v) is 10.0. The predicted molar refractivity (Wildman–Crippen MR) is 131 cm³/mol. The van der Waals surface area contributed by atoms with E-state index in [9.17, 15) is 18.0 Å². The van der Waals surface area contributed by atoms with Crippen LogP contribution in [0.3, 0.4) is 0 Å². The van der Waals surface area contributed by atoms with Gasteiger partial charge in [0.15, 0.2) is 11.5 Å². The number of nitrogens with one attached hydrogen (secondary N) is 2. The van der Waals surface area contributed by atoms with E-state index in [1.54, 1.807) is 42.5 Å². The van der Waals surface area contributed by atoms with Gasteiger partial charge < -0.3 is 20.1 Å². The van der Waals surface area contributed by atoms with E-state index in [-0.39, 0.29) is 37.2 Å². The Bertz CT molecular complexity index is 1140. The van der Waals surface area contributed by atoms with E-state index in [0.717, 1.165) is 12.7 Å². The molecular weight excluding hydrogens is 458 g/mol. The molecule has 1 aliphatic rings. The maximum atomic E-state index is 12.6. The fraction of sp³-hybridized carbons (Fsp3) is 0.417. The molecular formula is C24H31N3O6S. The van der Waals surface area contributed by atoms with Crippen molar-refractivity contribution < 1.29 is 27.5 Å². The summed E-state index contributed by atoms with van der Waals surface area (Å²) >= 11 is 0. The van der Waals surface area contributed by atoms with Crippen LogP contribution in [0.1, 0.15) is 43.5 Å². The SMILES string of the molecule is CC[C@H](C)NC(=O)c1ccccc1NC(=O)CCCN(c1ccc2c(c1)OCCO2)S(C)(=O)=O. The van der Waals surface area contributed by atoms with E-state index < -0.39 is 10.0 Å². The number of rotatable bonds is 10. The summed E-state index contributed by atoms with van der Waals surface area (Å²) in [5.74, 6) is 0.493. The fourth-order valence-electron chi connectivity index (χ4n) is 3.46. The molecule has 3 rings (SSSR count). The second kappa shape index (κ2) is 11.2. The summed E-state index contributed by atoms with van der Waals surface area (Å²) in [7, 11) is -3.58. The average molecular weight is 490 g/mol. The zero-order valence-electron chi connectivity index (χ0n) is 19.7. The lowest BCUT2D eigenvalue weighted by atomic mass is 10.1. The highest BCUT2D eigenvalue weighted by Crippen LogP contribution is 2.34. The molecule has 2 aromatic carbocycles. The number of benzene rings is 2. The maximum absolute atomic E-state index is 12.6. The molecule has 0 aliphatic carbocycles. The van der Waals surface area contributed by atoms with E-state index >= 15 is 0 Å². The lowest BCUT2D eigenvalue weighted by Crippen LogP contribution is -2.33. The van der Waals surface area contributed by atoms with Crippen LogP contribution >= 0.6 is 0 Å². The van der Waals surface area contributed by atoms with Gasteiger partial charge in [-0.05, 0) is 44.0 Å². The van der Waals surface area contributed by atoms with Gasteiger partial charge in [0.1, 0.15) is 13.2 Å². The Hall–Kier alpha value is -3.27. The van der Waals surface area contributed by atoms with Crippen molar-refractivity contribution in [1.29, 1.82) is 0 Å². The summed E-state index contributed by atoms with van der Waals surface area (Å²) < 4.78 is 37.1. The van der Waals surface area contributed by atoms with Crippen LogP contribution in [0.2, 0.25) is 0 Å². The molecule has 0 radical (unpaired) electrons. The molecule has 0 aromatic heterocycles. The predicted octanol–water partition coefficient (Wildman–Crippen LogP) is 3.17. The minimum atomic E-state index is -3.58. The van der Waals surface area contributed by atoms with Crippen molar-refractivity contribution in [2.24, 2.45) is 0 Å². The van der Waals surface area contributed by atoms with Crippen LogP contribution in [0.4, 0.5) is 11.4 Å². The van der Waals surface area contributed by atoms with Crippen LogP contribution in [-0.2, 0) is 14.8 Å². The molecule has 0 fully saturated rings. The summed E-state index contributed by atoms with van der Waals surface area (Å²) in [5, 5.41) is 5.66. The van der Waals surface area contributed by atoms with Gasteiger partial charge in [-0.25, -0.2) is 8.42 Å². The summed E-state index contributed by atoms with van der Waals surface area (Å²) in [6.07, 6.45) is 2.28. The average Bonchev–Trinajstić information content (AvgIpc) is 2.81. The number of anilines is 2. The molecule has 2 amide bonds. The number of carbonyl (C=O) groups is 2. The Balaban J connectivity index is 1.63. The highest BCUT2D eigenvalue weighted by atomic mass is 32.2. The third kappa shape index (κ3) is 6.63. The highest BCUT2D eigenvalue weighted by Gasteiger charge is 2.21. The standard InChI is InChI=1S/C24H31N3O6S/c1-4-17(2)25-24(29)19-8-5-6-9-20(19)26-23(28)10-7-13-27(34(3,30)31)18-11-12-21-22(16-18)33-15-14-32-21/h5-6,8-9,11-12,16-17H,4,7,10,13-15H2,1-3H3,(H,25,29)(H,26,28)/t17-/m0/s1. The Morgan fingerprint density at radius 3 is 2.50 bits per heavy atom. The van der Waals surface area contributed by atoms with Gasteiger partial charge in [0, 0.05) is 25.1 Å². The van der Waals surface area contributed by atoms with Gasteiger partial charge in [-0.3, -0.25) is 13.9 Å². The Morgan fingerprint density at radius 2 is 1.79 bits per heavy atom. The zero-order chi connectivity index (χ0) is 24.7. The van der Waals surface area contributed by atoms with Crippen molar-refractivity contribution in [2.45, 2.75) is 39.2 Å². The van der Waals surface area contributed by atoms with E-state index in [2.05, 4.69) is 10.6 Å². The van der Waals surface area contributed by atoms with Crippen molar-refractivity contribution >= 4 is 33.2 Å². The van der Waals surface area contributed by atoms with Gasteiger partial charge in [-0.1, -0.05) is 19.1 Å². The third-order valence-electron chi connectivity index (χ3n) is 5.41. The summed E-state index contributed by atoms with van der Waals surface area (Å²) in [5.41, 5.74) is 1.24. The number of hydrogen-bond acceptors (Lipinski definition) is 6. The normalized spacial score (nSPS) is 13.6. The van der Waals surface area contributed by atoms with Gasteiger partial charge in [0.05, 0.1) is 23.2 Å². The Morgan fingerprint density at radius 1 is 1.09 bits per heavy atom. The summed E-state index contributed by atoms with van der Waals surface area (Å²) in [6.45, 7) is 4.84. The first-order valence-electron chi connectivity index (χ1n) is 11.3. The van der Waals surface area contributed by atoms with Gasteiger partial charge in [0.25, 0.3) is 5.91 Å². The molecule has 0 unspecified atom stereocenters. The smallest absolute Gasteiger partial charge is 0.253 e. The molecule has 34 heavy (non-hydrogen) atoms. The molecule has 184 valence electrons. The van der Waals surface area contributed by atoms with Crippen LogP contribution < -0.4 is 24.4 Å². The van der Waals surface area contributed by atoms with Gasteiger partial charge >= 0.3 is 0 Å². The number of carbonyl (C=O) groups excluding carboxylic acids is 2. The molecule has 1 atom stereocenters. The Labute approximate surface area is 200 Å². The topological polar surface area (TPSA) is 114 Å². The van der Waals surface area contributed by atoms with Gasteiger partial charge in [-0.2, -0.15) is 0 Å². The van der Waals surface area contributed by atoms with Gasteiger partial charge in [-0.15, -0.1) is 0 Å². The van der Waals surface area contributed by atoms with Crippen LogP contribution in [-0.4, -0.2) is 52.3 Å². The van der Waals surface area contributed by atoms with E-state index in [0.29, 0.717) is 41.7 Å².